The van der Waals surface area contributed by atoms with Crippen LogP contribution in [0.4, 0.5) is 11.4 Å². The molecule has 42 heavy (non-hydrogen) atoms. The van der Waals surface area contributed by atoms with Gasteiger partial charge in [0, 0.05) is 21.1 Å². The molecule has 6 aromatic rings. The summed E-state index contributed by atoms with van der Waals surface area (Å²) in [5.74, 6) is 1.79. The number of hydrogen-bond donors (Lipinski definition) is 0. The Morgan fingerprint density at radius 3 is 1.86 bits per heavy atom. The highest BCUT2D eigenvalue weighted by molar-refractivity contribution is 8.31. The molecule has 0 amide bonds. The van der Waals surface area contributed by atoms with E-state index in [9.17, 15) is 0 Å². The van der Waals surface area contributed by atoms with Gasteiger partial charge in [-0.3, -0.25) is 4.31 Å². The highest BCUT2D eigenvalue weighted by atomic mass is 32.3. The minimum absolute atomic E-state index is 0.853. The van der Waals surface area contributed by atoms with Gasteiger partial charge < -0.3 is 4.18 Å². The van der Waals surface area contributed by atoms with E-state index in [1.54, 1.807) is 0 Å². The molecule has 0 saturated heterocycles. The molecule has 0 aliphatic carbocycles. The second-order valence-corrected chi connectivity index (χ2v) is 13.4. The lowest BCUT2D eigenvalue weighted by Crippen LogP contribution is -2.26. The van der Waals surface area contributed by atoms with Crippen molar-refractivity contribution in [2.75, 3.05) is 10.1 Å². The minimum Gasteiger partial charge on any atom is -0.424 e. The van der Waals surface area contributed by atoms with Gasteiger partial charge >= 0.3 is 0 Å². The van der Waals surface area contributed by atoms with Crippen LogP contribution in [0.3, 0.4) is 0 Å². The van der Waals surface area contributed by atoms with Crippen molar-refractivity contribution in [2.24, 2.45) is 0 Å². The van der Waals surface area contributed by atoms with Crippen LogP contribution in [0, 0.1) is 6.92 Å². The van der Waals surface area contributed by atoms with Gasteiger partial charge in [0.1, 0.15) is 0 Å². The third-order valence-corrected chi connectivity index (χ3v) is 11.1. The maximum atomic E-state index is 7.21. The molecular weight excluding hydrogens is 531 g/mol. The first-order chi connectivity index (χ1) is 20.7. The summed E-state index contributed by atoms with van der Waals surface area (Å²) in [6.07, 6.45) is 0.891. The topological polar surface area (TPSA) is 12.5 Å². The van der Waals surface area contributed by atoms with E-state index < -0.39 is 10.5 Å². The molecule has 1 aliphatic rings. The van der Waals surface area contributed by atoms with Gasteiger partial charge in [0.15, 0.2) is 5.75 Å². The zero-order chi connectivity index (χ0) is 28.4. The summed E-state index contributed by atoms with van der Waals surface area (Å²) in [6, 6.07) is 56.6. The van der Waals surface area contributed by atoms with E-state index in [-0.39, 0.29) is 0 Å². The van der Waals surface area contributed by atoms with Gasteiger partial charge in [0.25, 0.3) is 0 Å². The maximum absolute atomic E-state index is 7.21. The first-order valence-electron chi connectivity index (χ1n) is 14.5. The zero-order valence-electron chi connectivity index (χ0n) is 23.7. The third kappa shape index (κ3) is 4.97. The highest BCUT2D eigenvalue weighted by Crippen LogP contribution is 2.70. The second-order valence-electron chi connectivity index (χ2n) is 10.7. The molecule has 0 bridgehead atoms. The van der Waals surface area contributed by atoms with E-state index in [0.717, 1.165) is 29.3 Å². The van der Waals surface area contributed by atoms with Crippen molar-refractivity contribution in [1.82, 2.24) is 0 Å². The fraction of sp³-hybridized carbons (Fsp3) is 0.0769. The lowest BCUT2D eigenvalue weighted by molar-refractivity contribution is 0.632. The Balaban J connectivity index is 1.35. The van der Waals surface area contributed by atoms with Gasteiger partial charge in [-0.25, -0.2) is 0 Å². The molecule has 0 aromatic heterocycles. The molecule has 1 unspecified atom stereocenters. The van der Waals surface area contributed by atoms with E-state index in [1.165, 1.54) is 38.3 Å². The first kappa shape index (κ1) is 26.2. The van der Waals surface area contributed by atoms with Crippen molar-refractivity contribution < 1.29 is 4.18 Å². The molecule has 7 rings (SSSR count). The Kier molecular flexibility index (Phi) is 7.03. The van der Waals surface area contributed by atoms with Gasteiger partial charge in [-0.05, 0) is 77.6 Å². The lowest BCUT2D eigenvalue weighted by atomic mass is 10.0. The molecule has 2 nitrogen and oxygen atoms in total. The number of para-hydroxylation sites is 2. The number of anilines is 2. The molecule has 206 valence electrons. The van der Waals surface area contributed by atoms with Crippen LogP contribution in [0.25, 0.3) is 22.3 Å². The Labute approximate surface area is 250 Å². The van der Waals surface area contributed by atoms with Crippen LogP contribution in [-0.2, 0) is 6.42 Å². The molecule has 0 saturated carbocycles. The van der Waals surface area contributed by atoms with Gasteiger partial charge in [-0.2, -0.15) is 0 Å². The van der Waals surface area contributed by atoms with Crippen molar-refractivity contribution in [3.63, 3.8) is 0 Å². The lowest BCUT2D eigenvalue weighted by Gasteiger charge is -2.43. The van der Waals surface area contributed by atoms with Gasteiger partial charge in [-0.15, -0.1) is 0 Å². The molecule has 0 spiro atoms. The molecule has 0 fully saturated rings. The molecular formula is C39H33NOS. The van der Waals surface area contributed by atoms with Crippen molar-refractivity contribution in [3.8, 4) is 28.0 Å². The average Bonchev–Trinajstić information content (AvgIpc) is 3.40. The quantitative estimate of drug-likeness (QED) is 0.192. The molecule has 0 radical (unpaired) electrons. The summed E-state index contributed by atoms with van der Waals surface area (Å²) in [5.41, 5.74) is 9.74. The van der Waals surface area contributed by atoms with Crippen molar-refractivity contribution in [3.05, 3.63) is 169 Å². The monoisotopic (exact) mass is 563 g/mol. The second kappa shape index (κ2) is 11.3. The summed E-state index contributed by atoms with van der Waals surface area (Å²) in [6.45, 7) is 2.14. The predicted molar refractivity (Wildman–Crippen MR) is 179 cm³/mol. The maximum Gasteiger partial charge on any atom is 0.162 e. The number of fused-ring (bicyclic) bond motifs is 1. The smallest absolute Gasteiger partial charge is 0.162 e. The minimum atomic E-state index is -1.98. The van der Waals surface area contributed by atoms with Crippen LogP contribution >= 0.6 is 10.5 Å². The zero-order valence-corrected chi connectivity index (χ0v) is 24.5. The number of nitrogens with zero attached hydrogens (tertiary/aromatic N) is 1. The van der Waals surface area contributed by atoms with E-state index in [2.05, 4.69) is 169 Å². The summed E-state index contributed by atoms with van der Waals surface area (Å²) in [7, 11) is -1.98. The Morgan fingerprint density at radius 1 is 0.548 bits per heavy atom. The molecule has 1 aliphatic heterocycles. The van der Waals surface area contributed by atoms with Crippen LogP contribution in [0.15, 0.2) is 163 Å². The van der Waals surface area contributed by atoms with Gasteiger partial charge in [0.05, 0.1) is 11.4 Å². The van der Waals surface area contributed by atoms with Crippen LogP contribution in [0.5, 0.6) is 5.75 Å². The fourth-order valence-corrected chi connectivity index (χ4v) is 9.10. The summed E-state index contributed by atoms with van der Waals surface area (Å²) in [4.78, 5) is 1.22. The number of rotatable bonds is 7. The number of benzene rings is 6. The summed E-state index contributed by atoms with van der Waals surface area (Å²) in [5, 5.41) is 0. The standard InChI is InChI=1S/C39H33NOS/c1-30-22-24-36(25-23-30)40-38-20-8-9-21-39(38)41-42(40,37-19-11-18-35(29-37)33-15-6-3-7-16-33)27-26-31-12-10-17-34(28-31)32-13-4-2-5-14-32/h2-25,28-29H,26-27H2,1H3. The van der Waals surface area contributed by atoms with Gasteiger partial charge in [0.2, 0.25) is 0 Å². The van der Waals surface area contributed by atoms with E-state index in [0.29, 0.717) is 0 Å². The number of aryl methyl sites for hydroxylation is 2. The number of hydrogen-bond acceptors (Lipinski definition) is 2. The van der Waals surface area contributed by atoms with Crippen LogP contribution in [0.2, 0.25) is 0 Å². The van der Waals surface area contributed by atoms with Crippen molar-refractivity contribution >= 4 is 21.9 Å². The molecule has 3 heteroatoms. The van der Waals surface area contributed by atoms with Gasteiger partial charge in [-0.1, -0.05) is 127 Å². The summed E-state index contributed by atoms with van der Waals surface area (Å²) >= 11 is 0. The van der Waals surface area contributed by atoms with Crippen molar-refractivity contribution in [2.45, 2.75) is 18.2 Å². The molecule has 1 heterocycles. The van der Waals surface area contributed by atoms with Crippen molar-refractivity contribution in [1.29, 1.82) is 0 Å². The normalized spacial score (nSPS) is 17.2. The highest BCUT2D eigenvalue weighted by Gasteiger charge is 2.44. The SMILES string of the molecule is Cc1ccc(N2c3ccccc3OS2(CCc2cccc(-c3ccccc3)c2)c2cccc(-c3ccccc3)c2)cc1. The van der Waals surface area contributed by atoms with E-state index >= 15 is 0 Å². The van der Waals surface area contributed by atoms with Crippen LogP contribution in [0.1, 0.15) is 11.1 Å². The van der Waals surface area contributed by atoms with Crippen LogP contribution < -0.4 is 8.49 Å². The first-order valence-corrected chi connectivity index (χ1v) is 16.1. The average molecular weight is 564 g/mol. The van der Waals surface area contributed by atoms with E-state index in [4.69, 9.17) is 4.18 Å². The largest absolute Gasteiger partial charge is 0.424 e. The Bertz CT molecular complexity index is 1820. The Morgan fingerprint density at radius 2 is 1.14 bits per heavy atom. The Hall–Kier alpha value is -4.73. The predicted octanol–water partition coefficient (Wildman–Crippen LogP) is 10.8. The van der Waals surface area contributed by atoms with Crippen LogP contribution in [-0.4, -0.2) is 5.75 Å². The molecule has 1 atom stereocenters. The molecule has 0 N–H and O–H groups in total. The molecule has 6 aromatic carbocycles. The third-order valence-electron chi connectivity index (χ3n) is 7.89. The summed E-state index contributed by atoms with van der Waals surface area (Å²) < 4.78 is 9.71. The fourth-order valence-electron chi connectivity index (χ4n) is 5.73. The van der Waals surface area contributed by atoms with E-state index in [1.807, 2.05) is 0 Å².